The van der Waals surface area contributed by atoms with Crippen molar-refractivity contribution in [2.24, 2.45) is 5.11 Å². The van der Waals surface area contributed by atoms with Gasteiger partial charge in [-0.15, -0.1) is 11.8 Å². The van der Waals surface area contributed by atoms with Gasteiger partial charge >= 0.3 is 0 Å². The molecule has 16 heavy (non-hydrogen) atoms. The molecule has 0 aliphatic carbocycles. The van der Waals surface area contributed by atoms with Gasteiger partial charge in [-0.05, 0) is 17.2 Å². The van der Waals surface area contributed by atoms with Gasteiger partial charge in [0.15, 0.2) is 0 Å². The average Bonchev–Trinajstić information content (AvgIpc) is 2.76. The molecule has 1 aromatic rings. The third-order valence-electron chi connectivity index (χ3n) is 2.31. The number of hydrogen-bond acceptors (Lipinski definition) is 5. The average molecular weight is 238 g/mol. The van der Waals surface area contributed by atoms with Crippen molar-refractivity contribution in [3.8, 4) is 5.75 Å². The first-order chi connectivity index (χ1) is 7.74. The van der Waals surface area contributed by atoms with Crippen molar-refractivity contribution in [1.82, 2.24) is 0 Å². The molecule has 0 aromatic heterocycles. The zero-order valence-electron chi connectivity index (χ0n) is 8.29. The van der Waals surface area contributed by atoms with Crippen molar-refractivity contribution in [2.75, 3.05) is 17.7 Å². The van der Waals surface area contributed by atoms with E-state index in [4.69, 9.17) is 5.53 Å². The maximum atomic E-state index is 9.82. The lowest BCUT2D eigenvalue weighted by Crippen LogP contribution is -2.02. The summed E-state index contributed by atoms with van der Waals surface area (Å²) in [6, 6.07) is 3.16. The quantitative estimate of drug-likeness (QED) is 0.325. The maximum Gasteiger partial charge on any atom is 0.139 e. The molecule has 0 radical (unpaired) electrons. The van der Waals surface area contributed by atoms with Crippen molar-refractivity contribution in [2.45, 2.75) is 11.0 Å². The van der Waals surface area contributed by atoms with E-state index >= 15 is 0 Å². The van der Waals surface area contributed by atoms with Crippen LogP contribution in [0.25, 0.3) is 10.4 Å². The number of phenols is 1. The Hall–Kier alpha value is -1.56. The van der Waals surface area contributed by atoms with Crippen LogP contribution in [0.3, 0.4) is 0 Å². The summed E-state index contributed by atoms with van der Waals surface area (Å²) in [5.41, 5.74) is 9.51. The highest BCUT2D eigenvalue weighted by atomic mass is 32.2. The topological polar surface area (TPSA) is 101 Å². The number of azide groups is 1. The van der Waals surface area contributed by atoms with Crippen LogP contribution >= 0.6 is 11.8 Å². The lowest BCUT2D eigenvalue weighted by molar-refractivity contribution is 0.184. The molecule has 0 fully saturated rings. The minimum absolute atomic E-state index is 0.00568. The minimum Gasteiger partial charge on any atom is -0.506 e. The second-order valence-corrected chi connectivity index (χ2v) is 4.26. The van der Waals surface area contributed by atoms with Gasteiger partial charge in [-0.25, -0.2) is 0 Å². The molecule has 0 spiro atoms. The number of rotatable bonds is 3. The second kappa shape index (κ2) is 4.52. The van der Waals surface area contributed by atoms with Crippen LogP contribution in [-0.2, 0) is 0 Å². The standard InChI is InChI=1S/C9H10N4O2S/c10-13-12-3-7(15)5-1-2-6(14)8-9(5)16-4-11-8/h1-2,7,11,14-15H,3-4H2/t7-/m0/s1. The lowest BCUT2D eigenvalue weighted by Gasteiger charge is -2.12. The Labute approximate surface area is 95.9 Å². The predicted octanol–water partition coefficient (Wildman–Crippen LogP) is 2.21. The number of nitrogens with zero attached hydrogens (tertiary/aromatic N) is 3. The minimum atomic E-state index is -0.836. The molecule has 7 heteroatoms. The monoisotopic (exact) mass is 238 g/mol. The summed E-state index contributed by atoms with van der Waals surface area (Å²) < 4.78 is 0. The molecule has 0 bridgehead atoms. The summed E-state index contributed by atoms with van der Waals surface area (Å²) >= 11 is 1.50. The predicted molar refractivity (Wildman–Crippen MR) is 61.4 cm³/mol. The fraction of sp³-hybridized carbons (Fsp3) is 0.333. The molecular formula is C9H10N4O2S. The van der Waals surface area contributed by atoms with E-state index < -0.39 is 6.10 Å². The van der Waals surface area contributed by atoms with E-state index in [-0.39, 0.29) is 12.3 Å². The number of aromatic hydroxyl groups is 1. The molecule has 1 heterocycles. The van der Waals surface area contributed by atoms with E-state index in [0.29, 0.717) is 17.1 Å². The van der Waals surface area contributed by atoms with Gasteiger partial charge in [0.2, 0.25) is 0 Å². The van der Waals surface area contributed by atoms with Crippen molar-refractivity contribution >= 4 is 17.4 Å². The highest BCUT2D eigenvalue weighted by molar-refractivity contribution is 8.00. The van der Waals surface area contributed by atoms with Gasteiger partial charge < -0.3 is 15.5 Å². The van der Waals surface area contributed by atoms with E-state index in [1.807, 2.05) is 0 Å². The Kier molecular flexibility index (Phi) is 3.09. The van der Waals surface area contributed by atoms with Gasteiger partial charge in [-0.2, -0.15) is 0 Å². The number of aliphatic hydroxyl groups is 1. The number of thioether (sulfide) groups is 1. The van der Waals surface area contributed by atoms with Crippen molar-refractivity contribution in [3.05, 3.63) is 28.1 Å². The van der Waals surface area contributed by atoms with Crippen LogP contribution in [0.1, 0.15) is 11.7 Å². The van der Waals surface area contributed by atoms with Crippen LogP contribution in [0.15, 0.2) is 22.1 Å². The van der Waals surface area contributed by atoms with Crippen LogP contribution in [-0.4, -0.2) is 22.6 Å². The molecule has 1 aromatic carbocycles. The number of hydrogen-bond donors (Lipinski definition) is 3. The van der Waals surface area contributed by atoms with Gasteiger partial charge in [-0.1, -0.05) is 11.2 Å². The Morgan fingerprint density at radius 1 is 1.62 bits per heavy atom. The number of aliphatic hydroxyl groups excluding tert-OH is 1. The normalized spacial score (nSPS) is 14.8. The van der Waals surface area contributed by atoms with Crippen LogP contribution in [0.2, 0.25) is 0 Å². The molecule has 0 saturated heterocycles. The zero-order valence-corrected chi connectivity index (χ0v) is 9.11. The summed E-state index contributed by atoms with van der Waals surface area (Å²) in [5.74, 6) is 0.827. The number of phenolic OH excluding ortho intramolecular Hbond substituents is 1. The van der Waals surface area contributed by atoms with Gasteiger partial charge in [0.25, 0.3) is 0 Å². The van der Waals surface area contributed by atoms with Crippen molar-refractivity contribution in [3.63, 3.8) is 0 Å². The van der Waals surface area contributed by atoms with E-state index in [2.05, 4.69) is 15.3 Å². The molecule has 6 nitrogen and oxygen atoms in total. The second-order valence-electron chi connectivity index (χ2n) is 3.27. The van der Waals surface area contributed by atoms with Crippen LogP contribution < -0.4 is 5.32 Å². The molecule has 1 atom stereocenters. The number of fused-ring (bicyclic) bond motifs is 1. The molecular weight excluding hydrogens is 228 g/mol. The molecule has 0 saturated carbocycles. The summed E-state index contributed by atoms with van der Waals surface area (Å²) in [7, 11) is 0. The SMILES string of the molecule is [N-]=[N+]=NC[C@H](O)c1ccc(O)c2c1SCN2. The molecule has 2 rings (SSSR count). The van der Waals surface area contributed by atoms with E-state index in [1.54, 1.807) is 6.07 Å². The Morgan fingerprint density at radius 2 is 2.44 bits per heavy atom. The van der Waals surface area contributed by atoms with Crippen molar-refractivity contribution in [1.29, 1.82) is 0 Å². The third-order valence-corrected chi connectivity index (χ3v) is 3.33. The van der Waals surface area contributed by atoms with Gasteiger partial charge in [0.1, 0.15) is 5.75 Å². The number of anilines is 1. The fourth-order valence-corrected chi connectivity index (χ4v) is 2.62. The lowest BCUT2D eigenvalue weighted by atomic mass is 10.1. The highest BCUT2D eigenvalue weighted by Crippen LogP contribution is 2.44. The first-order valence-corrected chi connectivity index (χ1v) is 5.64. The Balaban J connectivity index is 2.35. The van der Waals surface area contributed by atoms with Crippen LogP contribution in [0.5, 0.6) is 5.75 Å². The third kappa shape index (κ3) is 1.88. The first-order valence-electron chi connectivity index (χ1n) is 4.65. The van der Waals surface area contributed by atoms with E-state index in [1.165, 1.54) is 17.8 Å². The van der Waals surface area contributed by atoms with Gasteiger partial charge in [-0.3, -0.25) is 0 Å². The Morgan fingerprint density at radius 3 is 3.19 bits per heavy atom. The van der Waals surface area contributed by atoms with Crippen molar-refractivity contribution < 1.29 is 10.2 Å². The summed E-state index contributed by atoms with van der Waals surface area (Å²) in [4.78, 5) is 3.43. The summed E-state index contributed by atoms with van der Waals surface area (Å²) in [5, 5.41) is 25.7. The molecule has 1 aliphatic heterocycles. The summed E-state index contributed by atoms with van der Waals surface area (Å²) in [6.45, 7) is -0.00568. The zero-order chi connectivity index (χ0) is 11.5. The molecule has 1 aliphatic rings. The van der Waals surface area contributed by atoms with Gasteiger partial charge in [0.05, 0.1) is 24.2 Å². The smallest absolute Gasteiger partial charge is 0.139 e. The highest BCUT2D eigenvalue weighted by Gasteiger charge is 2.22. The first kappa shape index (κ1) is 10.9. The molecule has 0 amide bonds. The van der Waals surface area contributed by atoms with E-state index in [0.717, 1.165) is 4.90 Å². The number of benzene rings is 1. The fourth-order valence-electron chi connectivity index (χ4n) is 1.57. The largest absolute Gasteiger partial charge is 0.506 e. The molecule has 0 unspecified atom stereocenters. The molecule has 84 valence electrons. The maximum absolute atomic E-state index is 9.82. The summed E-state index contributed by atoms with van der Waals surface area (Å²) in [6.07, 6.45) is -0.836. The van der Waals surface area contributed by atoms with Crippen LogP contribution in [0, 0.1) is 0 Å². The number of nitrogens with one attached hydrogen (secondary N) is 1. The van der Waals surface area contributed by atoms with E-state index in [9.17, 15) is 10.2 Å². The Bertz CT molecular complexity index is 459. The molecule has 3 N–H and O–H groups in total. The van der Waals surface area contributed by atoms with Gasteiger partial charge in [0, 0.05) is 9.81 Å². The van der Waals surface area contributed by atoms with Crippen LogP contribution in [0.4, 0.5) is 5.69 Å².